The number of nitrogens with zero attached hydrogens (tertiary/aromatic N) is 2. The number of hydrogen-bond donors (Lipinski definition) is 1. The van der Waals surface area contributed by atoms with Crippen LogP contribution in [0.1, 0.15) is 0 Å². The number of hydrazone groups is 1. The van der Waals surface area contributed by atoms with Gasteiger partial charge in [-0.25, -0.2) is 9.69 Å². The average molecular weight is 303 g/mol. The van der Waals surface area contributed by atoms with Crippen LogP contribution in [0.2, 0.25) is 0 Å². The van der Waals surface area contributed by atoms with E-state index in [0.717, 1.165) is 4.90 Å². The van der Waals surface area contributed by atoms with Gasteiger partial charge in [0.25, 0.3) is 5.91 Å². The summed E-state index contributed by atoms with van der Waals surface area (Å²) in [6, 6.07) is 5.62. The first-order valence-corrected chi connectivity index (χ1v) is 6.51. The normalized spacial score (nSPS) is 23.0. The average Bonchev–Trinajstić information content (AvgIpc) is 3.08. The Kier molecular flexibility index (Phi) is 3.28. The molecule has 0 aliphatic carbocycles. The minimum absolute atomic E-state index is 0.0816. The van der Waals surface area contributed by atoms with Gasteiger partial charge in [-0.1, -0.05) is 0 Å². The number of nitrogens with one attached hydrogen (secondary N) is 1. The number of carbonyl (C=O) groups is 3. The van der Waals surface area contributed by atoms with Crippen LogP contribution in [0.5, 0.6) is 5.75 Å². The van der Waals surface area contributed by atoms with Gasteiger partial charge in [0.1, 0.15) is 17.7 Å². The van der Waals surface area contributed by atoms with Gasteiger partial charge in [0.2, 0.25) is 5.91 Å². The summed E-state index contributed by atoms with van der Waals surface area (Å²) in [6.45, 7) is 0. The maximum Gasteiger partial charge on any atom is 0.355 e. The Morgan fingerprint density at radius 1 is 1.18 bits per heavy atom. The highest BCUT2D eigenvalue weighted by Crippen LogP contribution is 2.31. The molecule has 22 heavy (non-hydrogen) atoms. The predicted molar refractivity (Wildman–Crippen MR) is 75.4 cm³/mol. The Labute approximate surface area is 125 Å². The molecule has 0 aromatic heterocycles. The smallest absolute Gasteiger partial charge is 0.355 e. The Morgan fingerprint density at radius 3 is 2.45 bits per heavy atom. The summed E-state index contributed by atoms with van der Waals surface area (Å²) < 4.78 is 9.63. The third kappa shape index (κ3) is 1.92. The molecule has 2 atom stereocenters. The number of methoxy groups -OCH3 is 2. The molecule has 1 aromatic carbocycles. The van der Waals surface area contributed by atoms with Crippen molar-refractivity contribution in [2.24, 2.45) is 11.0 Å². The lowest BCUT2D eigenvalue weighted by Gasteiger charge is -2.15. The molecular formula is C14H13N3O5. The van der Waals surface area contributed by atoms with E-state index in [9.17, 15) is 14.4 Å². The van der Waals surface area contributed by atoms with Crippen LogP contribution in [0.15, 0.2) is 29.4 Å². The fourth-order valence-electron chi connectivity index (χ4n) is 2.55. The van der Waals surface area contributed by atoms with Crippen LogP contribution in [0.3, 0.4) is 0 Å². The molecule has 3 rings (SSSR count). The Hall–Kier alpha value is -2.90. The molecular weight excluding hydrogens is 290 g/mol. The van der Waals surface area contributed by atoms with Gasteiger partial charge in [0, 0.05) is 0 Å². The summed E-state index contributed by atoms with van der Waals surface area (Å²) in [7, 11) is 2.72. The van der Waals surface area contributed by atoms with E-state index in [4.69, 9.17) is 4.74 Å². The fraction of sp³-hybridized carbons (Fsp3) is 0.286. The second kappa shape index (κ2) is 5.14. The van der Waals surface area contributed by atoms with Crippen molar-refractivity contribution in [2.45, 2.75) is 6.04 Å². The number of esters is 1. The van der Waals surface area contributed by atoms with Crippen molar-refractivity contribution < 1.29 is 23.9 Å². The minimum atomic E-state index is -0.956. The monoisotopic (exact) mass is 303 g/mol. The molecule has 114 valence electrons. The molecule has 2 aliphatic heterocycles. The van der Waals surface area contributed by atoms with Crippen molar-refractivity contribution in [3.05, 3.63) is 24.3 Å². The second-order valence-electron chi connectivity index (χ2n) is 4.78. The lowest BCUT2D eigenvalue weighted by atomic mass is 9.99. The molecule has 0 saturated carbocycles. The number of hydrogen-bond acceptors (Lipinski definition) is 7. The number of imide groups is 1. The zero-order chi connectivity index (χ0) is 15.9. The lowest BCUT2D eigenvalue weighted by molar-refractivity contribution is -0.133. The fourth-order valence-corrected chi connectivity index (χ4v) is 2.55. The van der Waals surface area contributed by atoms with Crippen molar-refractivity contribution >= 4 is 29.2 Å². The van der Waals surface area contributed by atoms with Crippen LogP contribution in [0, 0.1) is 5.92 Å². The van der Waals surface area contributed by atoms with Gasteiger partial charge >= 0.3 is 5.97 Å². The summed E-state index contributed by atoms with van der Waals surface area (Å²) >= 11 is 0. The topological polar surface area (TPSA) is 97.3 Å². The molecule has 1 aromatic rings. The number of anilines is 1. The molecule has 2 amide bonds. The molecule has 2 heterocycles. The molecule has 0 spiro atoms. The van der Waals surface area contributed by atoms with Gasteiger partial charge in [-0.3, -0.25) is 15.0 Å². The first-order valence-electron chi connectivity index (χ1n) is 6.51. The zero-order valence-corrected chi connectivity index (χ0v) is 11.9. The summed E-state index contributed by atoms with van der Waals surface area (Å²) in [4.78, 5) is 37.6. The Morgan fingerprint density at radius 2 is 1.86 bits per heavy atom. The molecule has 0 radical (unpaired) electrons. The summed E-state index contributed by atoms with van der Waals surface area (Å²) in [6.07, 6.45) is 0. The Balaban J connectivity index is 1.92. The zero-order valence-electron chi connectivity index (χ0n) is 11.9. The van der Waals surface area contributed by atoms with Gasteiger partial charge in [-0.2, -0.15) is 5.10 Å². The van der Waals surface area contributed by atoms with Gasteiger partial charge in [0.05, 0.1) is 19.9 Å². The molecule has 8 heteroatoms. The van der Waals surface area contributed by atoms with Crippen molar-refractivity contribution in [1.82, 2.24) is 5.43 Å². The maximum atomic E-state index is 12.5. The quantitative estimate of drug-likeness (QED) is 0.607. The van der Waals surface area contributed by atoms with E-state index in [0.29, 0.717) is 11.4 Å². The van der Waals surface area contributed by atoms with E-state index in [1.165, 1.54) is 14.2 Å². The highest BCUT2D eigenvalue weighted by Gasteiger charge is 2.55. The summed E-state index contributed by atoms with van der Waals surface area (Å²) in [5.74, 6) is -2.03. The van der Waals surface area contributed by atoms with Crippen molar-refractivity contribution in [2.75, 3.05) is 19.1 Å². The first-order chi connectivity index (χ1) is 10.6. The predicted octanol–water partition coefficient (Wildman–Crippen LogP) is -0.315. The van der Waals surface area contributed by atoms with Gasteiger partial charge < -0.3 is 9.47 Å². The number of benzene rings is 1. The number of carbonyl (C=O) groups excluding carboxylic acids is 3. The molecule has 0 unspecified atom stereocenters. The minimum Gasteiger partial charge on any atom is -0.497 e. The SMILES string of the molecule is COC(=O)C1=NN[C@H]2C(=O)N(c3ccc(OC)cc3)C(=O)[C@H]12. The number of ether oxygens (including phenoxy) is 2. The molecule has 1 fully saturated rings. The number of fused-ring (bicyclic) bond motifs is 1. The van der Waals surface area contributed by atoms with Crippen LogP contribution >= 0.6 is 0 Å². The highest BCUT2D eigenvalue weighted by atomic mass is 16.5. The molecule has 8 nitrogen and oxygen atoms in total. The van der Waals surface area contributed by atoms with Crippen molar-refractivity contribution in [3.63, 3.8) is 0 Å². The van der Waals surface area contributed by atoms with Crippen molar-refractivity contribution in [3.8, 4) is 5.75 Å². The standard InChI is InChI=1S/C14H13N3O5/c1-21-8-5-3-7(4-6-8)17-12(18)9-10(13(17)19)15-16-11(9)14(20)22-2/h3-6,9-10,15H,1-2H3/t9-,10+/m0/s1. The van der Waals surface area contributed by atoms with Gasteiger partial charge in [-0.15, -0.1) is 0 Å². The highest BCUT2D eigenvalue weighted by molar-refractivity contribution is 6.46. The van der Waals surface area contributed by atoms with Crippen LogP contribution < -0.4 is 15.1 Å². The van der Waals surface area contributed by atoms with Crippen molar-refractivity contribution in [1.29, 1.82) is 0 Å². The van der Waals surface area contributed by atoms with Crippen LogP contribution in [0.4, 0.5) is 5.69 Å². The number of rotatable bonds is 3. The van der Waals surface area contributed by atoms with E-state index >= 15 is 0 Å². The first kappa shape index (κ1) is 14.1. The van der Waals surface area contributed by atoms with Crippen LogP contribution in [0.25, 0.3) is 0 Å². The second-order valence-corrected chi connectivity index (χ2v) is 4.78. The Bertz CT molecular complexity index is 682. The van der Waals surface area contributed by atoms with Crippen LogP contribution in [-0.4, -0.2) is 43.8 Å². The third-order valence-electron chi connectivity index (χ3n) is 3.65. The molecule has 1 N–H and O–H groups in total. The van der Waals surface area contributed by atoms with E-state index in [-0.39, 0.29) is 5.71 Å². The third-order valence-corrected chi connectivity index (χ3v) is 3.65. The van der Waals surface area contributed by atoms with Gasteiger partial charge in [0.15, 0.2) is 5.71 Å². The largest absolute Gasteiger partial charge is 0.497 e. The van der Waals surface area contributed by atoms with E-state index in [1.54, 1.807) is 24.3 Å². The van der Waals surface area contributed by atoms with Gasteiger partial charge in [-0.05, 0) is 24.3 Å². The molecule has 1 saturated heterocycles. The summed E-state index contributed by atoms with van der Waals surface area (Å²) in [5.41, 5.74) is 2.87. The lowest BCUT2D eigenvalue weighted by Crippen LogP contribution is -2.36. The van der Waals surface area contributed by atoms with Crippen LogP contribution in [-0.2, 0) is 19.1 Å². The molecule has 2 aliphatic rings. The summed E-state index contributed by atoms with van der Waals surface area (Å²) in [5, 5.41) is 3.75. The molecule has 0 bridgehead atoms. The maximum absolute atomic E-state index is 12.5. The van der Waals surface area contributed by atoms with E-state index in [2.05, 4.69) is 15.3 Å². The van der Waals surface area contributed by atoms with E-state index < -0.39 is 29.7 Å². The number of amides is 2. The van der Waals surface area contributed by atoms with E-state index in [1.807, 2.05) is 0 Å².